The summed E-state index contributed by atoms with van der Waals surface area (Å²) in [6, 6.07) is 18.4. The zero-order chi connectivity index (χ0) is 16.1. The average Bonchev–Trinajstić information content (AvgIpc) is 2.61. The molecular formula is C21H28N2. The van der Waals surface area contributed by atoms with Crippen molar-refractivity contribution in [2.75, 3.05) is 26.2 Å². The topological polar surface area (TPSA) is 15.3 Å². The molecule has 2 aromatic rings. The van der Waals surface area contributed by atoms with Crippen LogP contribution >= 0.6 is 0 Å². The lowest BCUT2D eigenvalue weighted by atomic mass is 9.96. The molecule has 1 heterocycles. The van der Waals surface area contributed by atoms with Crippen molar-refractivity contribution >= 4 is 0 Å². The highest BCUT2D eigenvalue weighted by Gasteiger charge is 2.18. The van der Waals surface area contributed by atoms with Gasteiger partial charge >= 0.3 is 0 Å². The van der Waals surface area contributed by atoms with Gasteiger partial charge in [-0.15, -0.1) is 0 Å². The molecule has 2 nitrogen and oxygen atoms in total. The van der Waals surface area contributed by atoms with Crippen LogP contribution in [-0.4, -0.2) is 31.1 Å². The van der Waals surface area contributed by atoms with E-state index >= 15 is 0 Å². The van der Waals surface area contributed by atoms with E-state index in [1.807, 2.05) is 0 Å². The van der Waals surface area contributed by atoms with Crippen molar-refractivity contribution in [1.82, 2.24) is 10.2 Å². The van der Waals surface area contributed by atoms with E-state index in [1.165, 1.54) is 22.3 Å². The van der Waals surface area contributed by atoms with Gasteiger partial charge in [0.1, 0.15) is 0 Å². The maximum absolute atomic E-state index is 3.43. The van der Waals surface area contributed by atoms with Gasteiger partial charge in [-0.2, -0.15) is 0 Å². The van der Waals surface area contributed by atoms with Crippen LogP contribution in [0.15, 0.2) is 48.5 Å². The molecule has 0 amide bonds. The van der Waals surface area contributed by atoms with Crippen molar-refractivity contribution in [2.24, 2.45) is 0 Å². The quantitative estimate of drug-likeness (QED) is 0.905. The van der Waals surface area contributed by atoms with Gasteiger partial charge in [-0.05, 0) is 48.9 Å². The Balaban J connectivity index is 1.65. The fourth-order valence-corrected chi connectivity index (χ4v) is 3.46. The summed E-state index contributed by atoms with van der Waals surface area (Å²) in [4.78, 5) is 2.58. The third-order valence-corrected chi connectivity index (χ3v) is 5.07. The SMILES string of the molecule is Cc1cc(C(C)N2CCNCC2)ccc1CCc1ccccc1. The zero-order valence-corrected chi connectivity index (χ0v) is 14.4. The number of nitrogens with one attached hydrogen (secondary N) is 1. The van der Waals surface area contributed by atoms with Crippen LogP contribution in [0, 0.1) is 6.92 Å². The van der Waals surface area contributed by atoms with Crippen molar-refractivity contribution in [2.45, 2.75) is 32.7 Å². The van der Waals surface area contributed by atoms with Gasteiger partial charge in [-0.3, -0.25) is 4.90 Å². The number of aryl methyl sites for hydroxylation is 3. The summed E-state index contributed by atoms with van der Waals surface area (Å²) in [7, 11) is 0. The fraction of sp³-hybridized carbons (Fsp3) is 0.429. The summed E-state index contributed by atoms with van der Waals surface area (Å²) < 4.78 is 0. The number of hydrogen-bond acceptors (Lipinski definition) is 2. The summed E-state index contributed by atoms with van der Waals surface area (Å²) in [5.74, 6) is 0. The number of rotatable bonds is 5. The van der Waals surface area contributed by atoms with Gasteiger partial charge in [0.15, 0.2) is 0 Å². The van der Waals surface area contributed by atoms with Crippen molar-refractivity contribution in [3.63, 3.8) is 0 Å². The van der Waals surface area contributed by atoms with Gasteiger partial charge in [-0.25, -0.2) is 0 Å². The van der Waals surface area contributed by atoms with Crippen LogP contribution in [0.3, 0.4) is 0 Å². The number of benzene rings is 2. The Kier molecular flexibility index (Phi) is 5.47. The second-order valence-electron chi connectivity index (χ2n) is 6.63. The van der Waals surface area contributed by atoms with Crippen LogP contribution in [0.5, 0.6) is 0 Å². The third kappa shape index (κ3) is 4.21. The Morgan fingerprint density at radius 3 is 2.43 bits per heavy atom. The molecule has 23 heavy (non-hydrogen) atoms. The van der Waals surface area contributed by atoms with Gasteiger partial charge in [-0.1, -0.05) is 48.5 Å². The van der Waals surface area contributed by atoms with Crippen LogP contribution in [-0.2, 0) is 12.8 Å². The number of hydrogen-bond donors (Lipinski definition) is 1. The first kappa shape index (κ1) is 16.2. The minimum atomic E-state index is 0.513. The monoisotopic (exact) mass is 308 g/mol. The molecule has 1 N–H and O–H groups in total. The van der Waals surface area contributed by atoms with Crippen LogP contribution in [0.2, 0.25) is 0 Å². The second-order valence-corrected chi connectivity index (χ2v) is 6.63. The molecule has 0 bridgehead atoms. The van der Waals surface area contributed by atoms with Gasteiger partial charge in [0.2, 0.25) is 0 Å². The Labute approximate surface area is 140 Å². The lowest BCUT2D eigenvalue weighted by Gasteiger charge is -2.33. The molecular weight excluding hydrogens is 280 g/mol. The van der Waals surface area contributed by atoms with Gasteiger partial charge < -0.3 is 5.32 Å². The highest BCUT2D eigenvalue weighted by Crippen LogP contribution is 2.23. The normalized spacial score (nSPS) is 17.1. The van der Waals surface area contributed by atoms with E-state index in [1.54, 1.807) is 0 Å². The Bertz CT molecular complexity index is 615. The third-order valence-electron chi connectivity index (χ3n) is 5.07. The number of nitrogens with zero attached hydrogens (tertiary/aromatic N) is 1. The first-order valence-electron chi connectivity index (χ1n) is 8.82. The molecule has 1 aliphatic rings. The largest absolute Gasteiger partial charge is 0.314 e. The van der Waals surface area contributed by atoms with Gasteiger partial charge in [0.05, 0.1) is 0 Å². The van der Waals surface area contributed by atoms with Gasteiger partial charge in [0, 0.05) is 32.2 Å². The van der Waals surface area contributed by atoms with E-state index in [9.17, 15) is 0 Å². The molecule has 1 fully saturated rings. The predicted molar refractivity (Wildman–Crippen MR) is 97.9 cm³/mol. The van der Waals surface area contributed by atoms with Crippen molar-refractivity contribution < 1.29 is 0 Å². The lowest BCUT2D eigenvalue weighted by molar-refractivity contribution is 0.185. The van der Waals surface area contributed by atoms with Crippen molar-refractivity contribution in [3.8, 4) is 0 Å². The standard InChI is InChI=1S/C21H28N2/c1-17-16-21(18(2)23-14-12-22-13-15-23)11-10-20(17)9-8-19-6-4-3-5-7-19/h3-7,10-11,16,18,22H,8-9,12-15H2,1-2H3. The van der Waals surface area contributed by atoms with E-state index < -0.39 is 0 Å². The first-order valence-corrected chi connectivity index (χ1v) is 8.82. The van der Waals surface area contributed by atoms with Crippen LogP contribution < -0.4 is 5.32 Å². The summed E-state index contributed by atoms with van der Waals surface area (Å²) in [5, 5.41) is 3.43. The summed E-state index contributed by atoms with van der Waals surface area (Å²) in [6.45, 7) is 9.11. The molecule has 1 saturated heterocycles. The fourth-order valence-electron chi connectivity index (χ4n) is 3.46. The van der Waals surface area contributed by atoms with Crippen LogP contribution in [0.4, 0.5) is 0 Å². The summed E-state index contributed by atoms with van der Waals surface area (Å²) in [5.41, 5.74) is 5.78. The minimum Gasteiger partial charge on any atom is -0.314 e. The molecule has 1 unspecified atom stereocenters. The van der Waals surface area contributed by atoms with E-state index in [0.717, 1.165) is 39.0 Å². The van der Waals surface area contributed by atoms with Crippen LogP contribution in [0.1, 0.15) is 35.2 Å². The minimum absolute atomic E-state index is 0.513. The zero-order valence-electron chi connectivity index (χ0n) is 14.4. The van der Waals surface area contributed by atoms with E-state index in [4.69, 9.17) is 0 Å². The molecule has 3 rings (SSSR count). The summed E-state index contributed by atoms with van der Waals surface area (Å²) >= 11 is 0. The molecule has 2 aromatic carbocycles. The van der Waals surface area contributed by atoms with E-state index in [2.05, 4.69) is 72.6 Å². The molecule has 0 radical (unpaired) electrons. The lowest BCUT2D eigenvalue weighted by Crippen LogP contribution is -2.44. The Morgan fingerprint density at radius 2 is 1.74 bits per heavy atom. The Morgan fingerprint density at radius 1 is 1.00 bits per heavy atom. The van der Waals surface area contributed by atoms with Crippen LogP contribution in [0.25, 0.3) is 0 Å². The molecule has 0 aromatic heterocycles. The molecule has 0 saturated carbocycles. The second kappa shape index (κ2) is 7.76. The van der Waals surface area contributed by atoms with Crippen molar-refractivity contribution in [1.29, 1.82) is 0 Å². The van der Waals surface area contributed by atoms with Gasteiger partial charge in [0.25, 0.3) is 0 Å². The van der Waals surface area contributed by atoms with E-state index in [-0.39, 0.29) is 0 Å². The highest BCUT2D eigenvalue weighted by molar-refractivity contribution is 5.33. The maximum atomic E-state index is 3.43. The number of piperazine rings is 1. The summed E-state index contributed by atoms with van der Waals surface area (Å²) in [6.07, 6.45) is 2.24. The Hall–Kier alpha value is -1.64. The molecule has 122 valence electrons. The van der Waals surface area contributed by atoms with Crippen molar-refractivity contribution in [3.05, 3.63) is 70.8 Å². The molecule has 2 heteroatoms. The molecule has 0 aliphatic carbocycles. The average molecular weight is 308 g/mol. The smallest absolute Gasteiger partial charge is 0.0321 e. The molecule has 1 atom stereocenters. The predicted octanol–water partition coefficient (Wildman–Crippen LogP) is 3.75. The molecule has 1 aliphatic heterocycles. The molecule has 0 spiro atoms. The first-order chi connectivity index (χ1) is 11.2. The highest BCUT2D eigenvalue weighted by atomic mass is 15.2. The maximum Gasteiger partial charge on any atom is 0.0321 e. The van der Waals surface area contributed by atoms with E-state index in [0.29, 0.717) is 6.04 Å².